The van der Waals surface area contributed by atoms with E-state index >= 15 is 0 Å². The van der Waals surface area contributed by atoms with Crippen molar-refractivity contribution < 1.29 is 23.5 Å². The van der Waals surface area contributed by atoms with E-state index in [1.165, 1.54) is 17.5 Å². The van der Waals surface area contributed by atoms with Gasteiger partial charge in [0.15, 0.2) is 0 Å². The van der Waals surface area contributed by atoms with E-state index in [9.17, 15) is 18.4 Å². The van der Waals surface area contributed by atoms with Gasteiger partial charge in [0.05, 0.1) is 5.92 Å². The Morgan fingerprint density at radius 1 is 0.892 bits per heavy atom. The summed E-state index contributed by atoms with van der Waals surface area (Å²) >= 11 is 0. The van der Waals surface area contributed by atoms with Crippen LogP contribution in [0, 0.1) is 11.8 Å². The van der Waals surface area contributed by atoms with Gasteiger partial charge in [0, 0.05) is 37.8 Å². The number of likely N-dealkylation sites (tertiary alicyclic amines) is 2. The van der Waals surface area contributed by atoms with E-state index in [0.29, 0.717) is 32.1 Å². The first-order valence-corrected chi connectivity index (χ1v) is 14.1. The first-order valence-electron chi connectivity index (χ1n) is 14.1. The molecule has 2 fully saturated rings. The van der Waals surface area contributed by atoms with E-state index in [4.69, 9.17) is 5.11 Å². The molecule has 4 rings (SSSR count). The lowest BCUT2D eigenvalue weighted by Crippen LogP contribution is -2.36. The molecule has 1 aromatic rings. The smallest absolute Gasteiger partial charge is 0.306 e. The number of aliphatic carboxylic acids is 1. The maximum atomic E-state index is 13.1. The van der Waals surface area contributed by atoms with Crippen LogP contribution < -0.4 is 5.32 Å². The van der Waals surface area contributed by atoms with Crippen molar-refractivity contribution in [2.45, 2.75) is 84.0 Å². The van der Waals surface area contributed by atoms with Gasteiger partial charge in [-0.05, 0) is 94.1 Å². The van der Waals surface area contributed by atoms with Crippen LogP contribution in [0.2, 0.25) is 0 Å². The quantitative estimate of drug-likeness (QED) is 0.473. The third-order valence-electron chi connectivity index (χ3n) is 8.03. The second-order valence-electron chi connectivity index (χ2n) is 11.1. The number of anilines is 1. The molecule has 1 aliphatic carbocycles. The first-order chi connectivity index (χ1) is 17.7. The normalized spacial score (nSPS) is 21.0. The molecular weight excluding hydrogens is 476 g/mol. The lowest BCUT2D eigenvalue weighted by atomic mass is 10.0. The standard InChI is InChI=1S/C19H27FN2O.C10H18FNO2/c1-14(7-10-22-11-8-17(20)9-12-22)19(23)21-18-6-5-15-3-2-4-16(15)13-18;1-8(10(13)14)2-5-12-6-3-9(11)4-7-12/h5-6,13-14,17H,2-4,7-12H2,1H3,(H,21,23);8-9H,2-7H2,1H3,(H,13,14)/t14-;8-/m00/s1. The molecule has 2 saturated heterocycles. The number of nitrogens with zero attached hydrogens (tertiary/aromatic N) is 2. The van der Waals surface area contributed by atoms with Gasteiger partial charge in [0.25, 0.3) is 0 Å². The molecule has 2 atom stereocenters. The van der Waals surface area contributed by atoms with Crippen molar-refractivity contribution in [1.82, 2.24) is 9.80 Å². The first kappa shape index (κ1) is 29.5. The summed E-state index contributed by atoms with van der Waals surface area (Å²) in [5, 5.41) is 11.7. The van der Waals surface area contributed by atoms with Crippen LogP contribution in [-0.2, 0) is 22.4 Å². The molecular formula is C29H45F2N3O3. The molecule has 2 heterocycles. The van der Waals surface area contributed by atoms with Crippen LogP contribution in [-0.4, -0.2) is 78.4 Å². The minimum Gasteiger partial charge on any atom is -0.481 e. The Morgan fingerprint density at radius 2 is 1.41 bits per heavy atom. The number of carboxylic acid groups (broad SMARTS) is 1. The van der Waals surface area contributed by atoms with Crippen molar-refractivity contribution in [3.05, 3.63) is 29.3 Å². The number of hydrogen-bond acceptors (Lipinski definition) is 4. The average Bonchev–Trinajstić information content (AvgIpc) is 3.36. The van der Waals surface area contributed by atoms with Crippen molar-refractivity contribution in [2.24, 2.45) is 11.8 Å². The highest BCUT2D eigenvalue weighted by Crippen LogP contribution is 2.25. The predicted molar refractivity (Wildman–Crippen MR) is 143 cm³/mol. The van der Waals surface area contributed by atoms with Gasteiger partial charge in [0.1, 0.15) is 12.3 Å². The molecule has 2 N–H and O–H groups in total. The van der Waals surface area contributed by atoms with Crippen molar-refractivity contribution in [2.75, 3.05) is 44.6 Å². The van der Waals surface area contributed by atoms with E-state index < -0.39 is 18.3 Å². The molecule has 0 radical (unpaired) electrons. The Hall–Kier alpha value is -2.06. The number of alkyl halides is 2. The molecule has 1 amide bonds. The number of amides is 1. The lowest BCUT2D eigenvalue weighted by Gasteiger charge is -2.29. The predicted octanol–water partition coefficient (Wildman–Crippen LogP) is 5.11. The van der Waals surface area contributed by atoms with Crippen molar-refractivity contribution in [1.29, 1.82) is 0 Å². The molecule has 0 unspecified atom stereocenters. The van der Waals surface area contributed by atoms with Gasteiger partial charge in [0.2, 0.25) is 5.91 Å². The van der Waals surface area contributed by atoms with Crippen LogP contribution in [0.3, 0.4) is 0 Å². The number of carbonyl (C=O) groups is 2. The summed E-state index contributed by atoms with van der Waals surface area (Å²) in [6, 6.07) is 6.28. The van der Waals surface area contributed by atoms with Crippen LogP contribution in [0.15, 0.2) is 18.2 Å². The largest absolute Gasteiger partial charge is 0.481 e. The third-order valence-corrected chi connectivity index (χ3v) is 8.03. The second kappa shape index (κ2) is 14.8. The minimum absolute atomic E-state index is 0.0219. The summed E-state index contributed by atoms with van der Waals surface area (Å²) in [6.07, 6.45) is 6.18. The Balaban J connectivity index is 0.000000233. The van der Waals surface area contributed by atoms with Crippen LogP contribution >= 0.6 is 0 Å². The Bertz CT molecular complexity index is 868. The minimum atomic E-state index is -0.745. The summed E-state index contributed by atoms with van der Waals surface area (Å²) in [5.41, 5.74) is 3.72. The highest BCUT2D eigenvalue weighted by Gasteiger charge is 2.21. The molecule has 6 nitrogen and oxygen atoms in total. The fourth-order valence-corrected chi connectivity index (χ4v) is 5.17. The van der Waals surface area contributed by atoms with E-state index in [-0.39, 0.29) is 17.7 Å². The lowest BCUT2D eigenvalue weighted by molar-refractivity contribution is -0.141. The topological polar surface area (TPSA) is 72.9 Å². The number of hydrogen-bond donors (Lipinski definition) is 2. The maximum Gasteiger partial charge on any atom is 0.306 e. The van der Waals surface area contributed by atoms with E-state index in [2.05, 4.69) is 27.2 Å². The summed E-state index contributed by atoms with van der Waals surface area (Å²) in [5.74, 6) is -0.974. The van der Waals surface area contributed by atoms with Crippen molar-refractivity contribution in [3.8, 4) is 0 Å². The SMILES string of the molecule is C[C@@H](CCN1CCC(F)CC1)C(=O)Nc1ccc2c(c1)CCC2.C[C@@H](CCN1CCC(F)CC1)C(=O)O. The molecule has 37 heavy (non-hydrogen) atoms. The fourth-order valence-electron chi connectivity index (χ4n) is 5.17. The molecule has 208 valence electrons. The van der Waals surface area contributed by atoms with Crippen LogP contribution in [0.4, 0.5) is 14.5 Å². The van der Waals surface area contributed by atoms with Crippen LogP contribution in [0.1, 0.15) is 69.9 Å². The number of carbonyl (C=O) groups excluding carboxylic acids is 1. The number of benzene rings is 1. The second-order valence-corrected chi connectivity index (χ2v) is 11.1. The highest BCUT2D eigenvalue weighted by atomic mass is 19.1. The molecule has 0 bridgehead atoms. The molecule has 2 aliphatic heterocycles. The zero-order valence-corrected chi connectivity index (χ0v) is 22.6. The van der Waals surface area contributed by atoms with Crippen molar-refractivity contribution >= 4 is 17.6 Å². The van der Waals surface area contributed by atoms with Gasteiger partial charge in [-0.2, -0.15) is 0 Å². The number of carboxylic acids is 1. The van der Waals surface area contributed by atoms with Gasteiger partial charge < -0.3 is 20.2 Å². The van der Waals surface area contributed by atoms with Crippen LogP contribution in [0.5, 0.6) is 0 Å². The van der Waals surface area contributed by atoms with E-state index in [0.717, 1.165) is 64.2 Å². The average molecular weight is 522 g/mol. The molecule has 8 heteroatoms. The number of rotatable bonds is 9. The van der Waals surface area contributed by atoms with Gasteiger partial charge in [-0.15, -0.1) is 0 Å². The molecule has 0 spiro atoms. The van der Waals surface area contributed by atoms with E-state index in [1.807, 2.05) is 13.0 Å². The molecule has 0 saturated carbocycles. The summed E-state index contributed by atoms with van der Waals surface area (Å²) in [6.45, 7) is 8.53. The summed E-state index contributed by atoms with van der Waals surface area (Å²) < 4.78 is 25.9. The summed E-state index contributed by atoms with van der Waals surface area (Å²) in [7, 11) is 0. The van der Waals surface area contributed by atoms with Gasteiger partial charge >= 0.3 is 5.97 Å². The molecule has 1 aromatic carbocycles. The summed E-state index contributed by atoms with van der Waals surface area (Å²) in [4.78, 5) is 27.3. The highest BCUT2D eigenvalue weighted by molar-refractivity contribution is 5.92. The van der Waals surface area contributed by atoms with Crippen molar-refractivity contribution in [3.63, 3.8) is 0 Å². The molecule has 3 aliphatic rings. The zero-order chi connectivity index (χ0) is 26.8. The van der Waals surface area contributed by atoms with Crippen LogP contribution in [0.25, 0.3) is 0 Å². The number of nitrogens with one attached hydrogen (secondary N) is 1. The van der Waals surface area contributed by atoms with Gasteiger partial charge in [-0.25, -0.2) is 8.78 Å². The van der Waals surface area contributed by atoms with Gasteiger partial charge in [-0.1, -0.05) is 19.9 Å². The maximum absolute atomic E-state index is 13.1. The third kappa shape index (κ3) is 9.97. The Kier molecular flexibility index (Phi) is 11.8. The van der Waals surface area contributed by atoms with E-state index in [1.54, 1.807) is 6.92 Å². The number of fused-ring (bicyclic) bond motifs is 1. The number of aryl methyl sites for hydroxylation is 2. The Labute approximate surface area is 220 Å². The van der Waals surface area contributed by atoms with Gasteiger partial charge in [-0.3, -0.25) is 9.59 Å². The monoisotopic (exact) mass is 521 g/mol. The molecule has 0 aromatic heterocycles. The fraction of sp³-hybridized carbons (Fsp3) is 0.724. The zero-order valence-electron chi connectivity index (χ0n) is 22.6. The Morgan fingerprint density at radius 3 is 1.95 bits per heavy atom. The number of halogens is 2. The number of piperidine rings is 2.